The number of para-hydroxylation sites is 1. The van der Waals surface area contributed by atoms with Crippen molar-refractivity contribution in [2.75, 3.05) is 11.9 Å². The summed E-state index contributed by atoms with van der Waals surface area (Å²) in [4.78, 5) is 11.8. The van der Waals surface area contributed by atoms with Crippen LogP contribution in [0.5, 0.6) is 0 Å². The molecular formula is C16H15ClFNO2. The first kappa shape index (κ1) is 15.3. The lowest BCUT2D eigenvalue weighted by molar-refractivity contribution is 0.0527. The molecule has 0 bridgehead atoms. The van der Waals surface area contributed by atoms with Crippen LogP contribution in [0, 0.1) is 5.82 Å². The van der Waals surface area contributed by atoms with Crippen LogP contribution < -0.4 is 5.32 Å². The minimum absolute atomic E-state index is 0.0886. The van der Waals surface area contributed by atoms with Gasteiger partial charge in [0.05, 0.1) is 17.2 Å². The van der Waals surface area contributed by atoms with Gasteiger partial charge in [-0.25, -0.2) is 9.18 Å². The average Bonchev–Trinajstić information content (AvgIpc) is 2.49. The summed E-state index contributed by atoms with van der Waals surface area (Å²) < 4.78 is 18.4. The standard InChI is InChI=1S/C16H15ClFNO2/c1-2-21-16(20)12-5-3-4-6-15(12)19-10-11-7-8-13(17)14(18)9-11/h3-9,19H,2,10H2,1H3. The molecule has 0 radical (unpaired) electrons. The fourth-order valence-electron chi connectivity index (χ4n) is 1.87. The SMILES string of the molecule is CCOC(=O)c1ccccc1NCc1ccc(Cl)c(F)c1. The minimum atomic E-state index is -0.463. The maximum Gasteiger partial charge on any atom is 0.340 e. The Morgan fingerprint density at radius 1 is 1.29 bits per heavy atom. The van der Waals surface area contributed by atoms with Crippen molar-refractivity contribution in [1.82, 2.24) is 0 Å². The topological polar surface area (TPSA) is 38.3 Å². The molecule has 0 spiro atoms. The molecule has 2 aromatic carbocycles. The monoisotopic (exact) mass is 307 g/mol. The first-order valence-electron chi connectivity index (χ1n) is 6.55. The maximum atomic E-state index is 13.4. The summed E-state index contributed by atoms with van der Waals surface area (Å²) in [5.41, 5.74) is 1.83. The second-order valence-electron chi connectivity index (χ2n) is 4.37. The summed E-state index contributed by atoms with van der Waals surface area (Å²) in [6, 6.07) is 11.6. The molecule has 0 aliphatic heterocycles. The number of carbonyl (C=O) groups excluding carboxylic acids is 1. The van der Waals surface area contributed by atoms with E-state index in [4.69, 9.17) is 16.3 Å². The lowest BCUT2D eigenvalue weighted by Gasteiger charge is -2.11. The number of esters is 1. The third-order valence-corrected chi connectivity index (χ3v) is 3.20. The summed E-state index contributed by atoms with van der Waals surface area (Å²) in [5.74, 6) is -0.850. The molecule has 0 aliphatic carbocycles. The highest BCUT2D eigenvalue weighted by Gasteiger charge is 2.11. The second-order valence-corrected chi connectivity index (χ2v) is 4.78. The Hall–Kier alpha value is -2.07. The van der Waals surface area contributed by atoms with Crippen molar-refractivity contribution in [3.05, 3.63) is 64.4 Å². The lowest BCUT2D eigenvalue weighted by Crippen LogP contribution is -2.09. The third-order valence-electron chi connectivity index (χ3n) is 2.89. The predicted molar refractivity (Wildman–Crippen MR) is 81.1 cm³/mol. The van der Waals surface area contributed by atoms with Gasteiger partial charge in [-0.3, -0.25) is 0 Å². The predicted octanol–water partition coefficient (Wildman–Crippen LogP) is 4.27. The van der Waals surface area contributed by atoms with Gasteiger partial charge in [0.25, 0.3) is 0 Å². The van der Waals surface area contributed by atoms with Gasteiger partial charge < -0.3 is 10.1 Å². The van der Waals surface area contributed by atoms with Crippen LogP contribution in [-0.4, -0.2) is 12.6 Å². The Balaban J connectivity index is 2.12. The zero-order valence-electron chi connectivity index (χ0n) is 11.5. The first-order chi connectivity index (χ1) is 10.1. The van der Waals surface area contributed by atoms with E-state index in [2.05, 4.69) is 5.32 Å². The van der Waals surface area contributed by atoms with Crippen LogP contribution in [0.25, 0.3) is 0 Å². The molecule has 1 N–H and O–H groups in total. The highest BCUT2D eigenvalue weighted by Crippen LogP contribution is 2.19. The summed E-state index contributed by atoms with van der Waals surface area (Å²) in [6.45, 7) is 2.45. The number of nitrogens with one attached hydrogen (secondary N) is 1. The van der Waals surface area contributed by atoms with Gasteiger partial charge in [-0.15, -0.1) is 0 Å². The van der Waals surface area contributed by atoms with Crippen molar-refractivity contribution >= 4 is 23.3 Å². The zero-order chi connectivity index (χ0) is 15.2. The van der Waals surface area contributed by atoms with E-state index in [1.165, 1.54) is 12.1 Å². The molecule has 0 heterocycles. The molecule has 0 amide bonds. The van der Waals surface area contributed by atoms with Gasteiger partial charge in [-0.2, -0.15) is 0 Å². The summed E-state index contributed by atoms with van der Waals surface area (Å²) in [6.07, 6.45) is 0. The molecule has 0 aliphatic rings. The van der Waals surface area contributed by atoms with Gasteiger partial charge in [-0.05, 0) is 36.8 Å². The molecule has 110 valence electrons. The lowest BCUT2D eigenvalue weighted by atomic mass is 10.1. The Kier molecular flexibility index (Phi) is 5.17. The van der Waals surface area contributed by atoms with Crippen molar-refractivity contribution in [1.29, 1.82) is 0 Å². The fourth-order valence-corrected chi connectivity index (χ4v) is 1.99. The van der Waals surface area contributed by atoms with Crippen LogP contribution in [0.4, 0.5) is 10.1 Å². The second kappa shape index (κ2) is 7.09. The number of hydrogen-bond donors (Lipinski definition) is 1. The van der Waals surface area contributed by atoms with Crippen LogP contribution in [0.2, 0.25) is 5.02 Å². The molecule has 2 rings (SSSR count). The summed E-state index contributed by atoms with van der Waals surface area (Å²) >= 11 is 5.64. The zero-order valence-corrected chi connectivity index (χ0v) is 12.3. The third kappa shape index (κ3) is 3.95. The van der Waals surface area contributed by atoms with Crippen LogP contribution >= 0.6 is 11.6 Å². The Labute approximate surface area is 127 Å². The van der Waals surface area contributed by atoms with Gasteiger partial charge >= 0.3 is 5.97 Å². The maximum absolute atomic E-state index is 13.4. The highest BCUT2D eigenvalue weighted by atomic mass is 35.5. The number of hydrogen-bond acceptors (Lipinski definition) is 3. The van der Waals surface area contributed by atoms with E-state index < -0.39 is 5.82 Å². The van der Waals surface area contributed by atoms with Crippen LogP contribution in [0.1, 0.15) is 22.8 Å². The van der Waals surface area contributed by atoms with E-state index >= 15 is 0 Å². The number of carbonyl (C=O) groups is 1. The van der Waals surface area contributed by atoms with Crippen LogP contribution in [-0.2, 0) is 11.3 Å². The van der Waals surface area contributed by atoms with Crippen LogP contribution in [0.15, 0.2) is 42.5 Å². The summed E-state index contributed by atoms with van der Waals surface area (Å²) in [7, 11) is 0. The molecule has 0 saturated heterocycles. The van der Waals surface area contributed by atoms with Gasteiger partial charge in [0.2, 0.25) is 0 Å². The van der Waals surface area contributed by atoms with Gasteiger partial charge in [0.1, 0.15) is 5.82 Å². The van der Waals surface area contributed by atoms with Crippen molar-refractivity contribution < 1.29 is 13.9 Å². The molecule has 21 heavy (non-hydrogen) atoms. The number of halogens is 2. The largest absolute Gasteiger partial charge is 0.462 e. The molecule has 0 fully saturated rings. The van der Waals surface area contributed by atoms with Crippen molar-refractivity contribution in [3.8, 4) is 0 Å². The smallest absolute Gasteiger partial charge is 0.340 e. The Morgan fingerprint density at radius 2 is 2.05 bits per heavy atom. The molecule has 0 aromatic heterocycles. The fraction of sp³-hybridized carbons (Fsp3) is 0.188. The van der Waals surface area contributed by atoms with Crippen LogP contribution in [0.3, 0.4) is 0 Å². The molecule has 2 aromatic rings. The van der Waals surface area contributed by atoms with E-state index in [1.54, 1.807) is 31.2 Å². The van der Waals surface area contributed by atoms with Gasteiger partial charge in [0.15, 0.2) is 0 Å². The molecule has 0 unspecified atom stereocenters. The number of benzene rings is 2. The molecular weight excluding hydrogens is 293 g/mol. The molecule has 0 saturated carbocycles. The van der Waals surface area contributed by atoms with Crippen molar-refractivity contribution in [2.24, 2.45) is 0 Å². The average molecular weight is 308 g/mol. The molecule has 5 heteroatoms. The van der Waals surface area contributed by atoms with Crippen molar-refractivity contribution in [2.45, 2.75) is 13.5 Å². The summed E-state index contributed by atoms with van der Waals surface area (Å²) in [5, 5.41) is 3.19. The first-order valence-corrected chi connectivity index (χ1v) is 6.93. The van der Waals surface area contributed by atoms with E-state index in [1.807, 2.05) is 6.07 Å². The number of rotatable bonds is 5. The minimum Gasteiger partial charge on any atom is -0.462 e. The van der Waals surface area contributed by atoms with E-state index in [9.17, 15) is 9.18 Å². The van der Waals surface area contributed by atoms with Crippen molar-refractivity contribution in [3.63, 3.8) is 0 Å². The molecule has 3 nitrogen and oxygen atoms in total. The van der Waals surface area contributed by atoms with E-state index in [-0.39, 0.29) is 11.0 Å². The quantitative estimate of drug-likeness (QED) is 0.838. The normalized spacial score (nSPS) is 10.2. The Morgan fingerprint density at radius 3 is 2.76 bits per heavy atom. The number of anilines is 1. The van der Waals surface area contributed by atoms with E-state index in [0.29, 0.717) is 24.4 Å². The highest BCUT2D eigenvalue weighted by molar-refractivity contribution is 6.30. The van der Waals surface area contributed by atoms with Gasteiger partial charge in [-0.1, -0.05) is 29.8 Å². The van der Waals surface area contributed by atoms with E-state index in [0.717, 1.165) is 5.56 Å². The van der Waals surface area contributed by atoms with Gasteiger partial charge in [0, 0.05) is 12.2 Å². The molecule has 0 atom stereocenters. The number of ether oxygens (including phenoxy) is 1. The Bertz CT molecular complexity index is 646.